The fourth-order valence-corrected chi connectivity index (χ4v) is 3.04. The Morgan fingerprint density at radius 1 is 1.24 bits per heavy atom. The molecule has 1 aromatic rings. The first kappa shape index (κ1) is 14.5. The van der Waals surface area contributed by atoms with Crippen molar-refractivity contribution in [2.75, 3.05) is 12.9 Å². The van der Waals surface area contributed by atoms with Crippen LogP contribution in [0.2, 0.25) is 0 Å². The molecule has 3 nitrogen and oxygen atoms in total. The van der Waals surface area contributed by atoms with Crippen LogP contribution >= 0.6 is 11.6 Å². The molecule has 0 bridgehead atoms. The normalized spacial score (nSPS) is 13.1. The third-order valence-corrected chi connectivity index (χ3v) is 5.60. The van der Waals surface area contributed by atoms with Crippen LogP contribution in [-0.2, 0) is 10.0 Å². The van der Waals surface area contributed by atoms with Crippen LogP contribution < -0.4 is 0 Å². The quantitative estimate of drug-likeness (QED) is 0.792. The van der Waals surface area contributed by atoms with Gasteiger partial charge in [-0.25, -0.2) is 8.42 Å². The van der Waals surface area contributed by atoms with E-state index in [9.17, 15) is 8.42 Å². The largest absolute Gasteiger partial charge is 0.243 e. The summed E-state index contributed by atoms with van der Waals surface area (Å²) >= 11 is 5.80. The van der Waals surface area contributed by atoms with E-state index in [1.54, 1.807) is 45.2 Å². The van der Waals surface area contributed by atoms with E-state index < -0.39 is 15.6 Å². The second kappa shape index (κ2) is 4.96. The predicted molar refractivity (Wildman–Crippen MR) is 70.9 cm³/mol. The van der Waals surface area contributed by atoms with Gasteiger partial charge in [0.15, 0.2) is 0 Å². The van der Waals surface area contributed by atoms with Gasteiger partial charge < -0.3 is 0 Å². The Labute approximate surface area is 108 Å². The maximum absolute atomic E-state index is 12.3. The van der Waals surface area contributed by atoms with E-state index in [1.807, 2.05) is 6.92 Å². The molecule has 5 heteroatoms. The van der Waals surface area contributed by atoms with Crippen molar-refractivity contribution >= 4 is 21.6 Å². The molecular weight excluding hydrogens is 258 g/mol. The van der Waals surface area contributed by atoms with Crippen molar-refractivity contribution in [1.29, 1.82) is 0 Å². The molecule has 0 heterocycles. The van der Waals surface area contributed by atoms with Crippen molar-refractivity contribution in [2.45, 2.75) is 31.2 Å². The van der Waals surface area contributed by atoms with Gasteiger partial charge in [-0.1, -0.05) is 17.7 Å². The molecule has 0 saturated heterocycles. The summed E-state index contributed by atoms with van der Waals surface area (Å²) in [7, 11) is -1.92. The molecule has 0 N–H and O–H groups in total. The molecule has 0 aliphatic rings. The van der Waals surface area contributed by atoms with E-state index in [2.05, 4.69) is 0 Å². The van der Waals surface area contributed by atoms with Gasteiger partial charge in [0.1, 0.15) is 0 Å². The van der Waals surface area contributed by atoms with Crippen molar-refractivity contribution in [1.82, 2.24) is 4.31 Å². The van der Waals surface area contributed by atoms with Crippen LogP contribution in [0.4, 0.5) is 0 Å². The number of benzene rings is 1. The Hall–Kier alpha value is -0.580. The summed E-state index contributed by atoms with van der Waals surface area (Å²) < 4.78 is 25.9. The van der Waals surface area contributed by atoms with Gasteiger partial charge in [0.25, 0.3) is 0 Å². The number of aryl methyl sites for hydroxylation is 1. The van der Waals surface area contributed by atoms with Gasteiger partial charge >= 0.3 is 0 Å². The fourth-order valence-electron chi connectivity index (χ4n) is 1.28. The molecule has 0 atom stereocenters. The molecule has 96 valence electrons. The Kier molecular flexibility index (Phi) is 4.23. The SMILES string of the molecule is Cc1ccc(S(=O)(=O)N(C)C(C)(C)CCl)cc1. The number of alkyl halides is 1. The van der Waals surface area contributed by atoms with Crippen molar-refractivity contribution in [3.63, 3.8) is 0 Å². The molecule has 0 saturated carbocycles. The lowest BCUT2D eigenvalue weighted by Gasteiger charge is -2.32. The monoisotopic (exact) mass is 275 g/mol. The summed E-state index contributed by atoms with van der Waals surface area (Å²) in [6.45, 7) is 5.51. The number of sulfonamides is 1. The van der Waals surface area contributed by atoms with Gasteiger partial charge in [-0.15, -0.1) is 11.6 Å². The molecule has 0 aromatic heterocycles. The molecule has 0 radical (unpaired) electrons. The smallest absolute Gasteiger partial charge is 0.207 e. The van der Waals surface area contributed by atoms with Crippen LogP contribution in [0.25, 0.3) is 0 Å². The van der Waals surface area contributed by atoms with Crippen molar-refractivity contribution in [2.24, 2.45) is 0 Å². The lowest BCUT2D eigenvalue weighted by Crippen LogP contribution is -2.46. The molecule has 17 heavy (non-hydrogen) atoms. The molecular formula is C12H18ClNO2S. The highest BCUT2D eigenvalue weighted by Gasteiger charge is 2.33. The zero-order valence-corrected chi connectivity index (χ0v) is 12.1. The minimum absolute atomic E-state index is 0.245. The number of hydrogen-bond acceptors (Lipinski definition) is 2. The summed E-state index contributed by atoms with van der Waals surface area (Å²) in [5.74, 6) is 0.245. The number of rotatable bonds is 4. The summed E-state index contributed by atoms with van der Waals surface area (Å²) in [5.41, 5.74) is 0.425. The van der Waals surface area contributed by atoms with E-state index in [1.165, 1.54) is 4.31 Å². The first-order valence-corrected chi connectivity index (χ1v) is 7.31. The maximum atomic E-state index is 12.3. The number of nitrogens with zero attached hydrogens (tertiary/aromatic N) is 1. The zero-order chi connectivity index (χ0) is 13.3. The standard InChI is InChI=1S/C12H18ClNO2S/c1-10-5-7-11(8-6-10)17(15,16)14(4)12(2,3)9-13/h5-8H,9H2,1-4H3. The first-order valence-electron chi connectivity index (χ1n) is 5.33. The highest BCUT2D eigenvalue weighted by atomic mass is 35.5. The molecule has 0 fully saturated rings. The third-order valence-electron chi connectivity index (χ3n) is 2.86. The maximum Gasteiger partial charge on any atom is 0.243 e. The van der Waals surface area contributed by atoms with Crippen molar-refractivity contribution in [3.8, 4) is 0 Å². The molecule has 1 aromatic carbocycles. The van der Waals surface area contributed by atoms with E-state index in [-0.39, 0.29) is 5.88 Å². The average Bonchev–Trinajstić information content (AvgIpc) is 2.28. The second-order valence-corrected chi connectivity index (χ2v) is 6.97. The minimum atomic E-state index is -3.48. The lowest BCUT2D eigenvalue weighted by atomic mass is 10.1. The second-order valence-electron chi connectivity index (χ2n) is 4.73. The van der Waals surface area contributed by atoms with Crippen LogP contribution in [0, 0.1) is 6.92 Å². The Bertz CT molecular complexity index is 480. The Balaban J connectivity index is 3.16. The summed E-state index contributed by atoms with van der Waals surface area (Å²) in [6.07, 6.45) is 0. The first-order chi connectivity index (χ1) is 7.71. The molecule has 0 spiro atoms. The van der Waals surface area contributed by atoms with Gasteiger partial charge in [-0.05, 0) is 32.9 Å². The summed E-state index contributed by atoms with van der Waals surface area (Å²) in [5, 5.41) is 0. The number of halogens is 1. The highest BCUT2D eigenvalue weighted by molar-refractivity contribution is 7.89. The van der Waals surface area contributed by atoms with Crippen LogP contribution in [-0.4, -0.2) is 31.2 Å². The van der Waals surface area contributed by atoms with Gasteiger partial charge in [0.05, 0.1) is 4.90 Å². The van der Waals surface area contributed by atoms with Crippen molar-refractivity contribution in [3.05, 3.63) is 29.8 Å². The molecule has 1 rings (SSSR count). The van der Waals surface area contributed by atoms with Crippen LogP contribution in [0.1, 0.15) is 19.4 Å². The number of hydrogen-bond donors (Lipinski definition) is 0. The Morgan fingerprint density at radius 3 is 2.12 bits per heavy atom. The van der Waals surface area contributed by atoms with Gasteiger partial charge in [-0.2, -0.15) is 4.31 Å². The zero-order valence-electron chi connectivity index (χ0n) is 10.6. The van der Waals surface area contributed by atoms with Gasteiger partial charge in [0, 0.05) is 18.5 Å². The Morgan fingerprint density at radius 2 is 1.71 bits per heavy atom. The fraction of sp³-hybridized carbons (Fsp3) is 0.500. The van der Waals surface area contributed by atoms with Crippen LogP contribution in [0.15, 0.2) is 29.2 Å². The highest BCUT2D eigenvalue weighted by Crippen LogP contribution is 2.23. The molecule has 0 amide bonds. The summed E-state index contributed by atoms with van der Waals surface area (Å²) in [6, 6.07) is 6.81. The van der Waals surface area contributed by atoms with Crippen LogP contribution in [0.5, 0.6) is 0 Å². The molecule has 0 unspecified atom stereocenters. The molecule has 0 aliphatic carbocycles. The van der Waals surface area contributed by atoms with Crippen LogP contribution in [0.3, 0.4) is 0 Å². The average molecular weight is 276 g/mol. The summed E-state index contributed by atoms with van der Waals surface area (Å²) in [4.78, 5) is 0.295. The van der Waals surface area contributed by atoms with E-state index in [4.69, 9.17) is 11.6 Å². The third kappa shape index (κ3) is 3.00. The van der Waals surface area contributed by atoms with E-state index in [0.29, 0.717) is 4.90 Å². The van der Waals surface area contributed by atoms with E-state index in [0.717, 1.165) is 5.56 Å². The lowest BCUT2D eigenvalue weighted by molar-refractivity contribution is 0.296. The minimum Gasteiger partial charge on any atom is -0.207 e. The van der Waals surface area contributed by atoms with Crippen molar-refractivity contribution < 1.29 is 8.42 Å². The van der Waals surface area contributed by atoms with Gasteiger partial charge in [-0.3, -0.25) is 0 Å². The molecule has 0 aliphatic heterocycles. The topological polar surface area (TPSA) is 37.4 Å². The van der Waals surface area contributed by atoms with E-state index >= 15 is 0 Å². The van der Waals surface area contributed by atoms with Gasteiger partial charge in [0.2, 0.25) is 10.0 Å². The predicted octanol–water partition coefficient (Wildman–Crippen LogP) is 2.63.